The first-order valence-electron chi connectivity index (χ1n) is 7.24. The number of piperidine rings is 1. The van der Waals surface area contributed by atoms with Crippen LogP contribution in [0.2, 0.25) is 0 Å². The maximum absolute atomic E-state index is 4.87. The number of halogens is 1. The van der Waals surface area contributed by atoms with Gasteiger partial charge in [-0.3, -0.25) is 0 Å². The number of likely N-dealkylation sites (N-methyl/N-ethyl adjacent to an activating group) is 1. The van der Waals surface area contributed by atoms with Gasteiger partial charge in [0.25, 0.3) is 0 Å². The fraction of sp³-hybridized carbons (Fsp3) is 0.714. The molecule has 20 heavy (non-hydrogen) atoms. The molecule has 6 heteroatoms. The summed E-state index contributed by atoms with van der Waals surface area (Å²) in [5.41, 5.74) is 2.54. The molecule has 0 spiro atoms. The molecule has 1 fully saturated rings. The Balaban J connectivity index is 0.00000147. The van der Waals surface area contributed by atoms with Gasteiger partial charge in [-0.2, -0.15) is 0 Å². The Bertz CT molecular complexity index is 442. The van der Waals surface area contributed by atoms with E-state index in [4.69, 9.17) is 9.97 Å². The summed E-state index contributed by atoms with van der Waals surface area (Å²) < 4.78 is 0. The Labute approximate surface area is 127 Å². The minimum absolute atomic E-state index is 0. The minimum atomic E-state index is 0. The number of anilines is 1. The van der Waals surface area contributed by atoms with E-state index in [9.17, 15) is 0 Å². The fourth-order valence-corrected chi connectivity index (χ4v) is 3.04. The summed E-state index contributed by atoms with van der Waals surface area (Å²) in [6.45, 7) is 4.22. The Kier molecular flexibility index (Phi) is 5.18. The molecule has 2 aliphatic heterocycles. The highest BCUT2D eigenvalue weighted by Gasteiger charge is 2.24. The zero-order chi connectivity index (χ0) is 13.2. The van der Waals surface area contributed by atoms with Crippen LogP contribution in [-0.4, -0.2) is 48.6 Å². The normalized spacial score (nSPS) is 20.1. The van der Waals surface area contributed by atoms with Gasteiger partial charge >= 0.3 is 0 Å². The van der Waals surface area contributed by atoms with Gasteiger partial charge in [-0.25, -0.2) is 9.97 Å². The smallest absolute Gasteiger partial charge is 0.134 e. The Morgan fingerprint density at radius 1 is 1.25 bits per heavy atom. The van der Waals surface area contributed by atoms with Crippen LogP contribution in [0.25, 0.3) is 0 Å². The number of nitrogens with zero attached hydrogens (tertiary/aromatic N) is 3. The predicted octanol–water partition coefficient (Wildman–Crippen LogP) is 1.40. The van der Waals surface area contributed by atoms with Crippen LogP contribution in [-0.2, 0) is 13.0 Å². The molecule has 112 valence electrons. The van der Waals surface area contributed by atoms with E-state index in [0.29, 0.717) is 5.92 Å². The van der Waals surface area contributed by atoms with E-state index in [1.165, 1.54) is 11.3 Å². The summed E-state index contributed by atoms with van der Waals surface area (Å²) in [6.07, 6.45) is 3.35. The van der Waals surface area contributed by atoms with Crippen molar-refractivity contribution >= 4 is 18.2 Å². The zero-order valence-electron chi connectivity index (χ0n) is 12.3. The van der Waals surface area contributed by atoms with Crippen molar-refractivity contribution in [1.82, 2.24) is 20.2 Å². The largest absolute Gasteiger partial charge is 0.373 e. The monoisotopic (exact) mass is 297 g/mol. The van der Waals surface area contributed by atoms with Crippen molar-refractivity contribution in [2.75, 3.05) is 39.0 Å². The molecule has 0 aromatic carbocycles. The number of aromatic nitrogens is 2. The van der Waals surface area contributed by atoms with Crippen molar-refractivity contribution in [2.45, 2.75) is 31.7 Å². The van der Waals surface area contributed by atoms with Crippen LogP contribution in [0.1, 0.15) is 35.8 Å². The number of hydrogen-bond donors (Lipinski definition) is 2. The molecule has 1 saturated heterocycles. The van der Waals surface area contributed by atoms with E-state index in [1.54, 1.807) is 0 Å². The summed E-state index contributed by atoms with van der Waals surface area (Å²) in [6, 6.07) is 0. The third-order valence-corrected chi connectivity index (χ3v) is 4.21. The van der Waals surface area contributed by atoms with E-state index < -0.39 is 0 Å². The molecule has 3 heterocycles. The van der Waals surface area contributed by atoms with Crippen LogP contribution in [0.4, 0.5) is 5.82 Å². The Hall–Kier alpha value is -0.910. The van der Waals surface area contributed by atoms with Crippen LogP contribution < -0.4 is 10.6 Å². The third kappa shape index (κ3) is 3.05. The van der Waals surface area contributed by atoms with Gasteiger partial charge in [-0.05, 0) is 33.0 Å². The van der Waals surface area contributed by atoms with Crippen LogP contribution in [0.5, 0.6) is 0 Å². The van der Waals surface area contributed by atoms with Crippen LogP contribution in [0.3, 0.4) is 0 Å². The van der Waals surface area contributed by atoms with E-state index in [1.807, 2.05) is 7.05 Å². The van der Waals surface area contributed by atoms with Crippen molar-refractivity contribution in [3.63, 3.8) is 0 Å². The van der Waals surface area contributed by atoms with Crippen molar-refractivity contribution in [1.29, 1.82) is 0 Å². The second-order valence-corrected chi connectivity index (χ2v) is 5.62. The highest BCUT2D eigenvalue weighted by Crippen LogP contribution is 2.28. The molecule has 2 N–H and O–H groups in total. The number of nitrogens with one attached hydrogen (secondary N) is 2. The van der Waals surface area contributed by atoms with Gasteiger partial charge in [0.1, 0.15) is 11.6 Å². The quantitative estimate of drug-likeness (QED) is 0.864. The SMILES string of the molecule is CNc1nc(C2CCNCC2)nc2c1CN(C)CC2.Cl. The lowest BCUT2D eigenvalue weighted by atomic mass is 9.96. The van der Waals surface area contributed by atoms with E-state index in [-0.39, 0.29) is 12.4 Å². The van der Waals surface area contributed by atoms with E-state index >= 15 is 0 Å². The lowest BCUT2D eigenvalue weighted by molar-refractivity contribution is 0.308. The average molecular weight is 298 g/mol. The van der Waals surface area contributed by atoms with Gasteiger partial charge in [-0.1, -0.05) is 0 Å². The molecule has 0 bridgehead atoms. The molecule has 5 nitrogen and oxygen atoms in total. The number of hydrogen-bond acceptors (Lipinski definition) is 5. The molecular weight excluding hydrogens is 274 g/mol. The fourth-order valence-electron chi connectivity index (χ4n) is 3.04. The summed E-state index contributed by atoms with van der Waals surface area (Å²) >= 11 is 0. The van der Waals surface area contributed by atoms with Crippen molar-refractivity contribution in [3.05, 3.63) is 17.1 Å². The van der Waals surface area contributed by atoms with Crippen LogP contribution in [0, 0.1) is 0 Å². The van der Waals surface area contributed by atoms with Crippen molar-refractivity contribution in [3.8, 4) is 0 Å². The van der Waals surface area contributed by atoms with Crippen LogP contribution >= 0.6 is 12.4 Å². The zero-order valence-corrected chi connectivity index (χ0v) is 13.1. The van der Waals surface area contributed by atoms with Crippen LogP contribution in [0.15, 0.2) is 0 Å². The van der Waals surface area contributed by atoms with E-state index in [0.717, 1.165) is 57.1 Å². The summed E-state index contributed by atoms with van der Waals surface area (Å²) in [4.78, 5) is 12.0. The summed E-state index contributed by atoms with van der Waals surface area (Å²) in [5, 5.41) is 6.67. The lowest BCUT2D eigenvalue weighted by Crippen LogP contribution is -2.31. The summed E-state index contributed by atoms with van der Waals surface area (Å²) in [7, 11) is 4.12. The second kappa shape index (κ2) is 6.70. The lowest BCUT2D eigenvalue weighted by Gasteiger charge is -2.28. The molecule has 1 aromatic rings. The van der Waals surface area contributed by atoms with Gasteiger partial charge in [0.05, 0.1) is 5.69 Å². The molecule has 0 atom stereocenters. The van der Waals surface area contributed by atoms with E-state index in [2.05, 4.69) is 22.6 Å². The average Bonchev–Trinajstić information content (AvgIpc) is 2.47. The molecule has 0 amide bonds. The van der Waals surface area contributed by atoms with Gasteiger partial charge in [0.2, 0.25) is 0 Å². The maximum atomic E-state index is 4.87. The summed E-state index contributed by atoms with van der Waals surface area (Å²) in [5.74, 6) is 2.61. The molecule has 0 radical (unpaired) electrons. The second-order valence-electron chi connectivity index (χ2n) is 5.62. The van der Waals surface area contributed by atoms with Crippen molar-refractivity contribution in [2.24, 2.45) is 0 Å². The Morgan fingerprint density at radius 3 is 2.70 bits per heavy atom. The molecule has 1 aromatic heterocycles. The number of rotatable bonds is 2. The topological polar surface area (TPSA) is 53.1 Å². The predicted molar refractivity (Wildman–Crippen MR) is 83.7 cm³/mol. The standard InChI is InChI=1S/C14H23N5.ClH/c1-15-14-11-9-19(2)8-5-12(11)17-13(18-14)10-3-6-16-7-4-10;/h10,16H,3-9H2,1-2H3,(H,15,17,18);1H. The Morgan fingerprint density at radius 2 is 2.00 bits per heavy atom. The van der Waals surface area contributed by atoms with Gasteiger partial charge in [0, 0.05) is 38.0 Å². The minimum Gasteiger partial charge on any atom is -0.373 e. The third-order valence-electron chi connectivity index (χ3n) is 4.21. The van der Waals surface area contributed by atoms with Gasteiger partial charge in [0.15, 0.2) is 0 Å². The van der Waals surface area contributed by atoms with Gasteiger partial charge in [-0.15, -0.1) is 12.4 Å². The first-order valence-corrected chi connectivity index (χ1v) is 7.24. The first kappa shape index (κ1) is 15.5. The maximum Gasteiger partial charge on any atom is 0.134 e. The highest BCUT2D eigenvalue weighted by atomic mass is 35.5. The molecule has 2 aliphatic rings. The number of fused-ring (bicyclic) bond motifs is 1. The molecule has 0 aliphatic carbocycles. The van der Waals surface area contributed by atoms with Gasteiger partial charge < -0.3 is 15.5 Å². The molecule has 3 rings (SSSR count). The molecule has 0 unspecified atom stereocenters. The highest BCUT2D eigenvalue weighted by molar-refractivity contribution is 5.85. The molecular formula is C14H24ClN5. The molecule has 0 saturated carbocycles. The van der Waals surface area contributed by atoms with Crippen molar-refractivity contribution < 1.29 is 0 Å². The first-order chi connectivity index (χ1) is 9.28.